The van der Waals surface area contributed by atoms with E-state index in [1.807, 2.05) is 25.1 Å². The fourth-order valence-corrected chi connectivity index (χ4v) is 4.86. The highest BCUT2D eigenvalue weighted by Gasteiger charge is 2.31. The molecule has 0 bridgehead atoms. The molecule has 8 heteroatoms. The molecule has 1 amide bonds. The van der Waals surface area contributed by atoms with Crippen LogP contribution in [0.1, 0.15) is 35.8 Å². The number of aromatic nitrogens is 2. The fraction of sp³-hybridized carbons (Fsp3) is 0.444. The Morgan fingerprint density at radius 2 is 1.92 bits per heavy atom. The number of piperidine rings is 1. The van der Waals surface area contributed by atoms with Crippen LogP contribution in [0, 0.1) is 6.92 Å². The van der Waals surface area contributed by atoms with Gasteiger partial charge in [0.25, 0.3) is 5.91 Å². The van der Waals surface area contributed by atoms with Crippen molar-refractivity contribution in [1.29, 1.82) is 0 Å². The van der Waals surface area contributed by atoms with Crippen LogP contribution in [-0.2, 0) is 9.84 Å². The predicted octanol–water partition coefficient (Wildman–Crippen LogP) is 2.87. The zero-order valence-corrected chi connectivity index (χ0v) is 16.4. The third kappa shape index (κ3) is 3.64. The summed E-state index contributed by atoms with van der Waals surface area (Å²) in [6, 6.07) is 7.31. The molecule has 0 atom stereocenters. The second-order valence-electron chi connectivity index (χ2n) is 6.50. The van der Waals surface area contributed by atoms with Crippen molar-refractivity contribution >= 4 is 27.3 Å². The average Bonchev–Trinajstić information content (AvgIpc) is 3.03. The summed E-state index contributed by atoms with van der Waals surface area (Å²) in [5, 5.41) is 4.63. The van der Waals surface area contributed by atoms with Crippen molar-refractivity contribution in [2.75, 3.05) is 18.8 Å². The Morgan fingerprint density at radius 3 is 2.54 bits per heavy atom. The number of nitrogens with zero attached hydrogens (tertiary/aromatic N) is 3. The van der Waals surface area contributed by atoms with E-state index in [1.54, 1.807) is 28.8 Å². The van der Waals surface area contributed by atoms with Crippen molar-refractivity contribution in [2.24, 2.45) is 0 Å². The van der Waals surface area contributed by atoms with Crippen LogP contribution in [0.3, 0.4) is 0 Å². The van der Waals surface area contributed by atoms with Gasteiger partial charge in [0.1, 0.15) is 0 Å². The molecule has 26 heavy (non-hydrogen) atoms. The molecule has 6 nitrogen and oxygen atoms in total. The molecule has 0 unspecified atom stereocenters. The highest BCUT2D eigenvalue weighted by molar-refractivity contribution is 7.92. The number of benzene rings is 1. The Morgan fingerprint density at radius 1 is 1.27 bits per heavy atom. The Labute approximate surface area is 158 Å². The normalized spacial score (nSPS) is 16.0. The third-order valence-corrected chi connectivity index (χ3v) is 7.45. The van der Waals surface area contributed by atoms with E-state index in [4.69, 9.17) is 11.6 Å². The van der Waals surface area contributed by atoms with E-state index in [1.165, 1.54) is 0 Å². The van der Waals surface area contributed by atoms with Gasteiger partial charge >= 0.3 is 0 Å². The Bertz CT molecular complexity index is 916. The summed E-state index contributed by atoms with van der Waals surface area (Å²) in [4.78, 5) is 14.5. The van der Waals surface area contributed by atoms with Crippen LogP contribution in [0.2, 0.25) is 5.02 Å². The van der Waals surface area contributed by atoms with Crippen molar-refractivity contribution < 1.29 is 13.2 Å². The standard InChI is InChI=1S/C18H22ClN3O3S/c1-3-26(24,25)14-8-10-21(11-9-14)18(23)17-13(2)12-22(20-17)16-7-5-4-6-15(16)19/h4-7,12,14H,3,8-11H2,1-2H3. The second kappa shape index (κ2) is 7.40. The van der Waals surface area contributed by atoms with Gasteiger partial charge in [0.05, 0.1) is 16.0 Å². The third-order valence-electron chi connectivity index (χ3n) is 4.84. The van der Waals surface area contributed by atoms with Gasteiger partial charge in [-0.15, -0.1) is 0 Å². The molecule has 0 spiro atoms. The molecule has 0 saturated carbocycles. The number of carbonyl (C=O) groups is 1. The van der Waals surface area contributed by atoms with Gasteiger partial charge in [0, 0.05) is 30.6 Å². The van der Waals surface area contributed by atoms with E-state index in [0.717, 1.165) is 5.56 Å². The van der Waals surface area contributed by atoms with Crippen molar-refractivity contribution in [1.82, 2.24) is 14.7 Å². The maximum absolute atomic E-state index is 12.8. The fourth-order valence-electron chi connectivity index (χ4n) is 3.24. The van der Waals surface area contributed by atoms with Crippen LogP contribution in [0.25, 0.3) is 5.69 Å². The highest BCUT2D eigenvalue weighted by atomic mass is 35.5. The number of sulfone groups is 1. The molecule has 1 aromatic heterocycles. The summed E-state index contributed by atoms with van der Waals surface area (Å²) in [6.45, 7) is 4.36. The molecule has 2 aromatic rings. The van der Waals surface area contributed by atoms with Crippen LogP contribution >= 0.6 is 11.6 Å². The maximum Gasteiger partial charge on any atom is 0.274 e. The summed E-state index contributed by atoms with van der Waals surface area (Å²) >= 11 is 6.21. The number of aryl methyl sites for hydroxylation is 1. The highest BCUT2D eigenvalue weighted by Crippen LogP contribution is 2.23. The van der Waals surface area contributed by atoms with Gasteiger partial charge in [-0.2, -0.15) is 5.10 Å². The lowest BCUT2D eigenvalue weighted by atomic mass is 10.1. The van der Waals surface area contributed by atoms with Gasteiger partial charge in [0.15, 0.2) is 15.5 Å². The maximum atomic E-state index is 12.8. The lowest BCUT2D eigenvalue weighted by Gasteiger charge is -2.31. The number of amides is 1. The lowest BCUT2D eigenvalue weighted by Crippen LogP contribution is -2.43. The second-order valence-corrected chi connectivity index (χ2v) is 9.48. The molecule has 1 aliphatic heterocycles. The smallest absolute Gasteiger partial charge is 0.274 e. The van der Waals surface area contributed by atoms with E-state index in [2.05, 4.69) is 5.10 Å². The number of halogens is 1. The van der Waals surface area contributed by atoms with Crippen molar-refractivity contribution in [3.8, 4) is 5.69 Å². The number of hydrogen-bond donors (Lipinski definition) is 0. The summed E-state index contributed by atoms with van der Waals surface area (Å²) in [5.74, 6) is -0.0203. The minimum atomic E-state index is -3.05. The van der Waals surface area contributed by atoms with Crippen molar-refractivity contribution in [3.63, 3.8) is 0 Å². The minimum absolute atomic E-state index is 0.146. The van der Waals surface area contributed by atoms with Crippen molar-refractivity contribution in [3.05, 3.63) is 46.7 Å². The first-order chi connectivity index (χ1) is 12.3. The number of likely N-dealkylation sites (tertiary alicyclic amines) is 1. The molecule has 1 aromatic carbocycles. The predicted molar refractivity (Wildman–Crippen MR) is 102 cm³/mol. The molecule has 1 saturated heterocycles. The molecule has 0 N–H and O–H groups in total. The van der Waals surface area contributed by atoms with Crippen LogP contribution in [-0.4, -0.2) is 53.1 Å². The first kappa shape index (κ1) is 18.9. The number of hydrogen-bond acceptors (Lipinski definition) is 4. The van der Waals surface area contributed by atoms with Gasteiger partial charge in [0.2, 0.25) is 0 Å². The summed E-state index contributed by atoms with van der Waals surface area (Å²) in [7, 11) is -3.05. The molecule has 1 aliphatic rings. The minimum Gasteiger partial charge on any atom is -0.337 e. The Balaban J connectivity index is 1.77. The zero-order valence-electron chi connectivity index (χ0n) is 14.9. The van der Waals surface area contributed by atoms with Crippen molar-refractivity contribution in [2.45, 2.75) is 31.9 Å². The summed E-state index contributed by atoms with van der Waals surface area (Å²) in [6.07, 6.45) is 2.74. The number of carbonyl (C=O) groups excluding carboxylic acids is 1. The van der Waals surface area contributed by atoms with Gasteiger partial charge in [-0.25, -0.2) is 13.1 Å². The average molecular weight is 396 g/mol. The quantitative estimate of drug-likeness (QED) is 0.797. The number of para-hydroxylation sites is 1. The van der Waals surface area contributed by atoms with Gasteiger partial charge in [-0.3, -0.25) is 4.79 Å². The van der Waals surface area contributed by atoms with E-state index in [-0.39, 0.29) is 16.9 Å². The molecular weight excluding hydrogens is 374 g/mol. The van der Waals surface area contributed by atoms with E-state index in [9.17, 15) is 13.2 Å². The summed E-state index contributed by atoms with van der Waals surface area (Å²) in [5.41, 5.74) is 1.85. The van der Waals surface area contributed by atoms with Gasteiger partial charge in [-0.05, 0) is 31.9 Å². The topological polar surface area (TPSA) is 72.3 Å². The molecular formula is C18H22ClN3O3S. The summed E-state index contributed by atoms with van der Waals surface area (Å²) < 4.78 is 25.6. The SMILES string of the molecule is CCS(=O)(=O)C1CCN(C(=O)c2nn(-c3ccccc3Cl)cc2C)CC1. The monoisotopic (exact) mass is 395 g/mol. The van der Waals surface area contributed by atoms with E-state index in [0.29, 0.717) is 42.3 Å². The van der Waals surface area contributed by atoms with Crippen LogP contribution in [0.4, 0.5) is 0 Å². The van der Waals surface area contributed by atoms with Crippen LogP contribution in [0.5, 0.6) is 0 Å². The lowest BCUT2D eigenvalue weighted by molar-refractivity contribution is 0.0718. The van der Waals surface area contributed by atoms with Gasteiger partial charge < -0.3 is 4.90 Å². The van der Waals surface area contributed by atoms with E-state index >= 15 is 0 Å². The molecule has 2 heterocycles. The molecule has 3 rings (SSSR count). The Kier molecular flexibility index (Phi) is 5.39. The van der Waals surface area contributed by atoms with Crippen LogP contribution in [0.15, 0.2) is 30.5 Å². The van der Waals surface area contributed by atoms with E-state index < -0.39 is 9.84 Å². The molecule has 0 aliphatic carbocycles. The first-order valence-corrected chi connectivity index (χ1v) is 10.7. The van der Waals surface area contributed by atoms with Crippen LogP contribution < -0.4 is 0 Å². The molecule has 140 valence electrons. The van der Waals surface area contributed by atoms with Gasteiger partial charge in [-0.1, -0.05) is 30.7 Å². The zero-order chi connectivity index (χ0) is 18.9. The Hall–Kier alpha value is -1.86. The number of rotatable bonds is 4. The molecule has 1 fully saturated rings. The largest absolute Gasteiger partial charge is 0.337 e. The molecule has 0 radical (unpaired) electrons. The first-order valence-electron chi connectivity index (χ1n) is 8.65.